The van der Waals surface area contributed by atoms with E-state index in [1.165, 1.54) is 0 Å². The van der Waals surface area contributed by atoms with Gasteiger partial charge in [0.15, 0.2) is 0 Å². The number of para-hydroxylation sites is 1. The lowest BCUT2D eigenvalue weighted by Gasteiger charge is -2.35. The Morgan fingerprint density at radius 1 is 0.826 bits per heavy atom. The van der Waals surface area contributed by atoms with Crippen molar-refractivity contribution in [2.24, 2.45) is 10.8 Å². The highest BCUT2D eigenvalue weighted by Gasteiger charge is 2.39. The van der Waals surface area contributed by atoms with Crippen molar-refractivity contribution in [1.29, 1.82) is 0 Å². The van der Waals surface area contributed by atoms with Gasteiger partial charge in [-0.1, -0.05) is 45.9 Å². The Labute approximate surface area is 140 Å². The van der Waals surface area contributed by atoms with E-state index in [1.54, 1.807) is 0 Å². The van der Waals surface area contributed by atoms with Gasteiger partial charge in [0, 0.05) is 22.1 Å². The van der Waals surface area contributed by atoms with Crippen LogP contribution in [0.1, 0.15) is 54.9 Å². The van der Waals surface area contributed by atoms with E-state index in [4.69, 9.17) is 0 Å². The fourth-order valence-electron chi connectivity index (χ4n) is 2.60. The maximum absolute atomic E-state index is 12.6. The lowest BCUT2D eigenvalue weighted by atomic mass is 9.73. The van der Waals surface area contributed by atoms with E-state index < -0.39 is 10.8 Å². The second kappa shape index (κ2) is 6.73. The molecule has 0 saturated heterocycles. The van der Waals surface area contributed by atoms with Crippen LogP contribution in [0.25, 0.3) is 0 Å². The highest BCUT2D eigenvalue weighted by molar-refractivity contribution is 5.95. The Hall–Kier alpha value is -1.84. The van der Waals surface area contributed by atoms with Gasteiger partial charge in [-0.3, -0.25) is 9.59 Å². The summed E-state index contributed by atoms with van der Waals surface area (Å²) < 4.78 is 0. The van der Waals surface area contributed by atoms with E-state index in [2.05, 4.69) is 10.6 Å². The zero-order chi connectivity index (χ0) is 17.9. The minimum atomic E-state index is -0.658. The van der Waals surface area contributed by atoms with Gasteiger partial charge < -0.3 is 10.6 Å². The average Bonchev–Trinajstić information content (AvgIpc) is 2.36. The SMILES string of the molecule is CC(C)(C)NC(=O)C(C)(C)CC(C)(C)C(=O)Nc1ccccc1. The largest absolute Gasteiger partial charge is 0.351 e. The van der Waals surface area contributed by atoms with Crippen LogP contribution in [0.3, 0.4) is 0 Å². The lowest BCUT2D eigenvalue weighted by Crippen LogP contribution is -2.49. The molecule has 0 spiro atoms. The second-order valence-corrected chi connectivity index (χ2v) is 8.47. The van der Waals surface area contributed by atoms with E-state index in [0.717, 1.165) is 5.69 Å². The second-order valence-electron chi connectivity index (χ2n) is 8.47. The van der Waals surface area contributed by atoms with Crippen LogP contribution in [0.5, 0.6) is 0 Å². The minimum Gasteiger partial charge on any atom is -0.351 e. The van der Waals surface area contributed by atoms with Gasteiger partial charge in [-0.15, -0.1) is 0 Å². The van der Waals surface area contributed by atoms with Crippen LogP contribution in [0.15, 0.2) is 30.3 Å². The maximum Gasteiger partial charge on any atom is 0.230 e. The van der Waals surface area contributed by atoms with Crippen molar-refractivity contribution in [3.8, 4) is 0 Å². The van der Waals surface area contributed by atoms with E-state index in [9.17, 15) is 9.59 Å². The zero-order valence-electron chi connectivity index (χ0n) is 15.4. The molecule has 0 saturated carbocycles. The highest BCUT2D eigenvalue weighted by atomic mass is 16.2. The van der Waals surface area contributed by atoms with Crippen molar-refractivity contribution in [3.05, 3.63) is 30.3 Å². The van der Waals surface area contributed by atoms with Gasteiger partial charge in [-0.05, 0) is 39.3 Å². The average molecular weight is 318 g/mol. The molecule has 0 unspecified atom stereocenters. The van der Waals surface area contributed by atoms with Crippen LogP contribution in [-0.4, -0.2) is 17.4 Å². The predicted molar refractivity (Wildman–Crippen MR) is 95.1 cm³/mol. The number of rotatable bonds is 5. The number of carbonyl (C=O) groups is 2. The molecule has 0 radical (unpaired) electrons. The third-order valence-corrected chi connectivity index (χ3v) is 3.63. The van der Waals surface area contributed by atoms with Gasteiger partial charge >= 0.3 is 0 Å². The van der Waals surface area contributed by atoms with Crippen LogP contribution in [0.4, 0.5) is 5.69 Å². The van der Waals surface area contributed by atoms with E-state index in [0.29, 0.717) is 6.42 Å². The van der Waals surface area contributed by atoms with Crippen LogP contribution in [-0.2, 0) is 9.59 Å². The van der Waals surface area contributed by atoms with Crippen molar-refractivity contribution in [3.63, 3.8) is 0 Å². The summed E-state index contributed by atoms with van der Waals surface area (Å²) in [6.07, 6.45) is 0.459. The predicted octanol–water partition coefficient (Wildman–Crippen LogP) is 3.98. The Bertz CT molecular complexity index is 554. The molecule has 2 N–H and O–H groups in total. The van der Waals surface area contributed by atoms with E-state index >= 15 is 0 Å². The highest BCUT2D eigenvalue weighted by Crippen LogP contribution is 2.35. The molecule has 1 rings (SSSR count). The Morgan fingerprint density at radius 2 is 1.30 bits per heavy atom. The number of hydrogen-bond acceptors (Lipinski definition) is 2. The summed E-state index contributed by atoms with van der Waals surface area (Å²) in [5, 5.41) is 5.92. The molecule has 0 bridgehead atoms. The molecule has 0 aliphatic heterocycles. The number of hydrogen-bond donors (Lipinski definition) is 2. The molecule has 0 aliphatic rings. The molecule has 0 aromatic heterocycles. The number of amides is 2. The molecule has 0 atom stereocenters. The number of nitrogens with one attached hydrogen (secondary N) is 2. The molecule has 23 heavy (non-hydrogen) atoms. The number of benzene rings is 1. The molecule has 0 aliphatic carbocycles. The van der Waals surface area contributed by atoms with Crippen molar-refractivity contribution < 1.29 is 9.59 Å². The summed E-state index contributed by atoms with van der Waals surface area (Å²) in [5.74, 6) is -0.120. The van der Waals surface area contributed by atoms with Crippen LogP contribution in [0.2, 0.25) is 0 Å². The zero-order valence-corrected chi connectivity index (χ0v) is 15.4. The van der Waals surface area contributed by atoms with E-state index in [1.807, 2.05) is 78.8 Å². The van der Waals surface area contributed by atoms with Crippen molar-refractivity contribution in [2.45, 2.75) is 60.4 Å². The number of carbonyl (C=O) groups excluding carboxylic acids is 2. The molecule has 2 amide bonds. The van der Waals surface area contributed by atoms with Crippen molar-refractivity contribution in [2.75, 3.05) is 5.32 Å². The standard InChI is InChI=1S/C19H30N2O2/c1-17(2,3)21-16(23)19(6,7)13-18(4,5)15(22)20-14-11-9-8-10-12-14/h8-12H,13H2,1-7H3,(H,20,22)(H,21,23). The summed E-state index contributed by atoms with van der Waals surface area (Å²) in [7, 11) is 0. The van der Waals surface area contributed by atoms with Gasteiger partial charge in [0.1, 0.15) is 0 Å². The molecular formula is C19H30N2O2. The summed E-state index contributed by atoms with van der Waals surface area (Å²) in [6, 6.07) is 9.37. The Balaban J connectivity index is 2.79. The van der Waals surface area contributed by atoms with Crippen LogP contribution in [0, 0.1) is 10.8 Å². The monoisotopic (exact) mass is 318 g/mol. The van der Waals surface area contributed by atoms with Crippen LogP contribution >= 0.6 is 0 Å². The third kappa shape index (κ3) is 6.05. The first-order chi connectivity index (χ1) is 10.3. The van der Waals surface area contributed by atoms with Gasteiger partial charge in [0.05, 0.1) is 0 Å². The van der Waals surface area contributed by atoms with Gasteiger partial charge in [0.25, 0.3) is 0 Å². The quantitative estimate of drug-likeness (QED) is 0.862. The molecule has 0 fully saturated rings. The molecular weight excluding hydrogens is 288 g/mol. The Morgan fingerprint density at radius 3 is 1.78 bits per heavy atom. The molecule has 0 heterocycles. The first kappa shape index (κ1) is 19.2. The fraction of sp³-hybridized carbons (Fsp3) is 0.579. The first-order valence-electron chi connectivity index (χ1n) is 8.03. The van der Waals surface area contributed by atoms with Gasteiger partial charge in [0.2, 0.25) is 11.8 Å². The summed E-state index contributed by atoms with van der Waals surface area (Å²) >= 11 is 0. The van der Waals surface area contributed by atoms with Gasteiger partial charge in [-0.25, -0.2) is 0 Å². The minimum absolute atomic E-state index is 0.0365. The number of anilines is 1. The maximum atomic E-state index is 12.6. The fourth-order valence-corrected chi connectivity index (χ4v) is 2.60. The van der Waals surface area contributed by atoms with Crippen molar-refractivity contribution >= 4 is 17.5 Å². The normalized spacial score (nSPS) is 12.7. The smallest absolute Gasteiger partial charge is 0.230 e. The van der Waals surface area contributed by atoms with Crippen molar-refractivity contribution in [1.82, 2.24) is 5.32 Å². The molecule has 1 aromatic carbocycles. The molecule has 128 valence electrons. The summed E-state index contributed by atoms with van der Waals surface area (Å²) in [4.78, 5) is 25.1. The van der Waals surface area contributed by atoms with Crippen LogP contribution < -0.4 is 10.6 Å². The summed E-state index contributed by atoms with van der Waals surface area (Å²) in [6.45, 7) is 13.4. The lowest BCUT2D eigenvalue weighted by molar-refractivity contribution is -0.134. The van der Waals surface area contributed by atoms with Gasteiger partial charge in [-0.2, -0.15) is 0 Å². The topological polar surface area (TPSA) is 58.2 Å². The Kier molecular flexibility index (Phi) is 5.62. The molecule has 4 nitrogen and oxygen atoms in total. The molecule has 1 aromatic rings. The van der Waals surface area contributed by atoms with E-state index in [-0.39, 0.29) is 17.4 Å². The summed E-state index contributed by atoms with van der Waals surface area (Å²) in [5.41, 5.74) is -0.813. The first-order valence-corrected chi connectivity index (χ1v) is 8.03. The third-order valence-electron chi connectivity index (χ3n) is 3.63. The molecule has 4 heteroatoms.